The van der Waals surface area contributed by atoms with E-state index in [1.807, 2.05) is 13.0 Å². The fourth-order valence-corrected chi connectivity index (χ4v) is 3.43. The minimum atomic E-state index is 0.311. The van der Waals surface area contributed by atoms with Crippen molar-refractivity contribution < 1.29 is 4.74 Å². The van der Waals surface area contributed by atoms with Crippen molar-refractivity contribution in [2.75, 3.05) is 12.8 Å². The summed E-state index contributed by atoms with van der Waals surface area (Å²) in [6.07, 6.45) is 6.45. The van der Waals surface area contributed by atoms with E-state index >= 15 is 0 Å². The van der Waals surface area contributed by atoms with Crippen LogP contribution < -0.4 is 10.5 Å². The predicted octanol–water partition coefficient (Wildman–Crippen LogP) is 3.57. The van der Waals surface area contributed by atoms with Crippen molar-refractivity contribution in [3.05, 3.63) is 35.2 Å². The van der Waals surface area contributed by atoms with E-state index in [2.05, 4.69) is 16.0 Å². The van der Waals surface area contributed by atoms with Gasteiger partial charge in [0.15, 0.2) is 0 Å². The minimum absolute atomic E-state index is 0.311. The Bertz CT molecular complexity index is 756. The van der Waals surface area contributed by atoms with Crippen molar-refractivity contribution in [1.29, 1.82) is 5.26 Å². The molecule has 1 aliphatic carbocycles. The molecule has 5 nitrogen and oxygen atoms in total. The lowest BCUT2D eigenvalue weighted by Crippen LogP contribution is -2.08. The van der Waals surface area contributed by atoms with Crippen LogP contribution in [0.2, 0.25) is 0 Å². The van der Waals surface area contributed by atoms with Gasteiger partial charge in [0.25, 0.3) is 0 Å². The Morgan fingerprint density at radius 1 is 1.30 bits per heavy atom. The molecular formula is C18H20N4O. The summed E-state index contributed by atoms with van der Waals surface area (Å²) >= 11 is 0. The maximum Gasteiger partial charge on any atom is 0.212 e. The second-order valence-electron chi connectivity index (χ2n) is 5.94. The van der Waals surface area contributed by atoms with Gasteiger partial charge in [-0.15, -0.1) is 0 Å². The Labute approximate surface area is 136 Å². The van der Waals surface area contributed by atoms with E-state index < -0.39 is 0 Å². The highest BCUT2D eigenvalue weighted by molar-refractivity contribution is 5.78. The highest BCUT2D eigenvalue weighted by atomic mass is 16.5. The third-order valence-corrected chi connectivity index (χ3v) is 4.59. The van der Waals surface area contributed by atoms with E-state index in [9.17, 15) is 5.26 Å². The molecule has 0 aliphatic heterocycles. The number of aromatic nitrogens is 2. The Kier molecular flexibility index (Phi) is 4.16. The van der Waals surface area contributed by atoms with Gasteiger partial charge >= 0.3 is 0 Å². The number of ether oxygens (including phenoxy) is 1. The molecular weight excluding hydrogens is 288 g/mol. The summed E-state index contributed by atoms with van der Waals surface area (Å²) < 4.78 is 5.11. The maximum absolute atomic E-state index is 9.53. The molecule has 1 aliphatic rings. The van der Waals surface area contributed by atoms with Gasteiger partial charge < -0.3 is 10.5 Å². The first-order chi connectivity index (χ1) is 11.2. The van der Waals surface area contributed by atoms with Gasteiger partial charge in [-0.2, -0.15) is 5.26 Å². The molecule has 23 heavy (non-hydrogen) atoms. The standard InChI is InChI=1S/C18H20N4O/c1-11-16(13-7-8-15(23-2)21-10-13)14(9-19)18(20)22-17(11)12-5-3-4-6-12/h7-8,10,12H,3-6H2,1-2H3,(H2,20,22). The molecule has 0 unspecified atom stereocenters. The summed E-state index contributed by atoms with van der Waals surface area (Å²) in [4.78, 5) is 8.81. The summed E-state index contributed by atoms with van der Waals surface area (Å²) in [5.41, 5.74) is 10.3. The van der Waals surface area contributed by atoms with Gasteiger partial charge in [-0.25, -0.2) is 9.97 Å². The van der Waals surface area contributed by atoms with Crippen LogP contribution in [0, 0.1) is 18.3 Å². The molecule has 1 fully saturated rings. The van der Waals surface area contributed by atoms with Crippen molar-refractivity contribution in [3.8, 4) is 23.1 Å². The Hall–Kier alpha value is -2.61. The Morgan fingerprint density at radius 3 is 2.61 bits per heavy atom. The number of hydrogen-bond donors (Lipinski definition) is 1. The lowest BCUT2D eigenvalue weighted by atomic mass is 9.90. The third kappa shape index (κ3) is 2.72. The van der Waals surface area contributed by atoms with Gasteiger partial charge in [0, 0.05) is 35.0 Å². The summed E-state index contributed by atoms with van der Waals surface area (Å²) in [5.74, 6) is 1.30. The number of nitrogens with zero attached hydrogens (tertiary/aromatic N) is 3. The second kappa shape index (κ2) is 6.25. The number of nitriles is 1. The molecule has 2 aromatic rings. The molecule has 0 amide bonds. The van der Waals surface area contributed by atoms with E-state index in [0.717, 1.165) is 35.2 Å². The summed E-state index contributed by atoms with van der Waals surface area (Å²) in [7, 11) is 1.58. The van der Waals surface area contributed by atoms with E-state index in [0.29, 0.717) is 23.2 Å². The summed E-state index contributed by atoms with van der Waals surface area (Å²) in [6.45, 7) is 2.03. The van der Waals surface area contributed by atoms with Crippen LogP contribution >= 0.6 is 0 Å². The van der Waals surface area contributed by atoms with E-state index in [-0.39, 0.29) is 0 Å². The Balaban J connectivity index is 2.18. The zero-order valence-corrected chi connectivity index (χ0v) is 13.5. The number of methoxy groups -OCH3 is 1. The molecule has 118 valence electrons. The molecule has 0 radical (unpaired) electrons. The summed E-state index contributed by atoms with van der Waals surface area (Å²) in [6, 6.07) is 5.91. The highest BCUT2D eigenvalue weighted by Gasteiger charge is 2.25. The van der Waals surface area contributed by atoms with Crippen molar-refractivity contribution >= 4 is 5.82 Å². The zero-order valence-electron chi connectivity index (χ0n) is 13.5. The quantitative estimate of drug-likeness (QED) is 0.937. The van der Waals surface area contributed by atoms with Crippen molar-refractivity contribution in [2.24, 2.45) is 0 Å². The molecule has 0 spiro atoms. The topological polar surface area (TPSA) is 84.8 Å². The molecule has 5 heteroatoms. The predicted molar refractivity (Wildman–Crippen MR) is 89.1 cm³/mol. The van der Waals surface area contributed by atoms with E-state index in [4.69, 9.17) is 10.5 Å². The second-order valence-corrected chi connectivity index (χ2v) is 5.94. The lowest BCUT2D eigenvalue weighted by Gasteiger charge is -2.18. The maximum atomic E-state index is 9.53. The largest absolute Gasteiger partial charge is 0.481 e. The van der Waals surface area contributed by atoms with Gasteiger partial charge in [0.1, 0.15) is 17.5 Å². The number of anilines is 1. The van der Waals surface area contributed by atoms with Crippen LogP contribution in [0.3, 0.4) is 0 Å². The highest BCUT2D eigenvalue weighted by Crippen LogP contribution is 2.40. The average Bonchev–Trinajstić information content (AvgIpc) is 3.10. The first-order valence-corrected chi connectivity index (χ1v) is 7.86. The third-order valence-electron chi connectivity index (χ3n) is 4.59. The van der Waals surface area contributed by atoms with Crippen LogP contribution in [0.5, 0.6) is 5.88 Å². The molecule has 2 heterocycles. The average molecular weight is 308 g/mol. The van der Waals surface area contributed by atoms with Crippen LogP contribution in [-0.4, -0.2) is 17.1 Å². The van der Waals surface area contributed by atoms with Crippen molar-refractivity contribution in [1.82, 2.24) is 9.97 Å². The van der Waals surface area contributed by atoms with Gasteiger partial charge in [0.05, 0.1) is 7.11 Å². The van der Waals surface area contributed by atoms with Crippen LogP contribution in [0.1, 0.15) is 48.4 Å². The number of hydrogen-bond acceptors (Lipinski definition) is 5. The molecule has 2 N–H and O–H groups in total. The molecule has 1 saturated carbocycles. The van der Waals surface area contributed by atoms with Crippen LogP contribution in [0.25, 0.3) is 11.1 Å². The monoisotopic (exact) mass is 308 g/mol. The van der Waals surface area contributed by atoms with E-state index in [1.165, 1.54) is 12.8 Å². The molecule has 0 saturated heterocycles. The lowest BCUT2D eigenvalue weighted by molar-refractivity contribution is 0.398. The fourth-order valence-electron chi connectivity index (χ4n) is 3.43. The molecule has 0 bridgehead atoms. The first-order valence-electron chi connectivity index (χ1n) is 7.86. The Morgan fingerprint density at radius 2 is 2.04 bits per heavy atom. The summed E-state index contributed by atoms with van der Waals surface area (Å²) in [5, 5.41) is 9.53. The van der Waals surface area contributed by atoms with Gasteiger partial charge in [0.2, 0.25) is 5.88 Å². The normalized spacial score (nSPS) is 14.7. The fraction of sp³-hybridized carbons (Fsp3) is 0.389. The molecule has 0 atom stereocenters. The van der Waals surface area contributed by atoms with Crippen LogP contribution in [-0.2, 0) is 0 Å². The van der Waals surface area contributed by atoms with Gasteiger partial charge in [-0.1, -0.05) is 12.8 Å². The number of nitrogens with two attached hydrogens (primary N) is 1. The number of pyridine rings is 2. The molecule has 3 rings (SSSR count). The van der Waals surface area contributed by atoms with Crippen molar-refractivity contribution in [2.45, 2.75) is 38.5 Å². The number of rotatable bonds is 3. The van der Waals surface area contributed by atoms with Crippen molar-refractivity contribution in [3.63, 3.8) is 0 Å². The zero-order chi connectivity index (χ0) is 16.4. The molecule has 0 aromatic carbocycles. The number of nitrogen functional groups attached to an aromatic ring is 1. The minimum Gasteiger partial charge on any atom is -0.481 e. The first kappa shape index (κ1) is 15.3. The SMILES string of the molecule is COc1ccc(-c2c(C)c(C3CCCC3)nc(N)c2C#N)cn1. The molecule has 2 aromatic heterocycles. The smallest absolute Gasteiger partial charge is 0.212 e. The van der Waals surface area contributed by atoms with Crippen LogP contribution in [0.15, 0.2) is 18.3 Å². The van der Waals surface area contributed by atoms with Gasteiger partial charge in [-0.3, -0.25) is 0 Å². The van der Waals surface area contributed by atoms with E-state index in [1.54, 1.807) is 19.4 Å². The van der Waals surface area contributed by atoms with Gasteiger partial charge in [-0.05, 0) is 31.4 Å². The van der Waals surface area contributed by atoms with Crippen LogP contribution in [0.4, 0.5) is 5.82 Å².